The molecule has 0 unspecified atom stereocenters. The number of aromatic nitrogens is 3. The zero-order chi connectivity index (χ0) is 17.6. The Morgan fingerprint density at radius 3 is 2.40 bits per heavy atom. The maximum absolute atomic E-state index is 12.3. The van der Waals surface area contributed by atoms with E-state index in [0.717, 1.165) is 38.3 Å². The highest BCUT2D eigenvalue weighted by molar-refractivity contribution is 5.94. The van der Waals surface area contributed by atoms with Crippen LogP contribution in [-0.2, 0) is 0 Å². The normalized spacial score (nSPS) is 17.4. The van der Waals surface area contributed by atoms with Gasteiger partial charge in [0.1, 0.15) is 12.7 Å². The summed E-state index contributed by atoms with van der Waals surface area (Å²) in [6.07, 6.45) is 4.23. The number of piperazine rings is 1. The number of hydrogen-bond donors (Lipinski definition) is 1. The molecular formula is C18H26N6O. The molecule has 0 bridgehead atoms. The first-order valence-corrected chi connectivity index (χ1v) is 8.79. The number of carbonyl (C=O) groups is 1. The van der Waals surface area contributed by atoms with E-state index in [0.29, 0.717) is 18.2 Å². The van der Waals surface area contributed by atoms with Gasteiger partial charge in [-0.25, -0.2) is 0 Å². The van der Waals surface area contributed by atoms with E-state index in [-0.39, 0.29) is 5.91 Å². The highest BCUT2D eigenvalue weighted by atomic mass is 16.1. The summed E-state index contributed by atoms with van der Waals surface area (Å²) < 4.78 is 1.80. The molecule has 1 aliphatic heterocycles. The fraction of sp³-hybridized carbons (Fsp3) is 0.500. The van der Waals surface area contributed by atoms with Crippen LogP contribution in [0.1, 0.15) is 23.7 Å². The summed E-state index contributed by atoms with van der Waals surface area (Å²) in [7, 11) is 2.16. The van der Waals surface area contributed by atoms with E-state index in [2.05, 4.69) is 39.3 Å². The number of carbonyl (C=O) groups excluding carboxylic acids is 1. The number of likely N-dealkylation sites (N-methyl/N-ethyl adjacent to an activating group) is 1. The van der Waals surface area contributed by atoms with Gasteiger partial charge in [0.25, 0.3) is 5.91 Å². The van der Waals surface area contributed by atoms with E-state index in [1.54, 1.807) is 17.2 Å². The molecule has 2 aromatic rings. The van der Waals surface area contributed by atoms with Crippen LogP contribution in [-0.4, -0.2) is 76.3 Å². The molecule has 25 heavy (non-hydrogen) atoms. The predicted molar refractivity (Wildman–Crippen MR) is 96.8 cm³/mol. The van der Waals surface area contributed by atoms with Crippen LogP contribution in [0.2, 0.25) is 0 Å². The molecule has 0 spiro atoms. The van der Waals surface area contributed by atoms with E-state index in [1.807, 2.05) is 24.3 Å². The quantitative estimate of drug-likeness (QED) is 0.849. The van der Waals surface area contributed by atoms with Gasteiger partial charge in [-0.05, 0) is 44.7 Å². The molecule has 7 heteroatoms. The highest BCUT2D eigenvalue weighted by Crippen LogP contribution is 2.10. The Morgan fingerprint density at radius 2 is 1.76 bits per heavy atom. The minimum absolute atomic E-state index is 0.0270. The minimum atomic E-state index is -0.0270. The maximum Gasteiger partial charge on any atom is 0.251 e. The lowest BCUT2D eigenvalue weighted by atomic mass is 10.1. The second kappa shape index (κ2) is 8.22. The Hall–Kier alpha value is -2.25. The molecule has 1 aromatic heterocycles. The van der Waals surface area contributed by atoms with Gasteiger partial charge in [-0.15, -0.1) is 10.2 Å². The molecule has 2 heterocycles. The minimum Gasteiger partial charge on any atom is -0.352 e. The van der Waals surface area contributed by atoms with Gasteiger partial charge in [-0.1, -0.05) is 0 Å². The molecule has 0 aliphatic carbocycles. The molecule has 1 atom stereocenters. The van der Waals surface area contributed by atoms with Crippen molar-refractivity contribution in [3.8, 4) is 5.69 Å². The number of hydrogen-bond acceptors (Lipinski definition) is 5. The van der Waals surface area contributed by atoms with Crippen molar-refractivity contribution in [3.05, 3.63) is 42.5 Å². The molecule has 1 N–H and O–H groups in total. The first kappa shape index (κ1) is 17.6. The largest absolute Gasteiger partial charge is 0.352 e. The van der Waals surface area contributed by atoms with Gasteiger partial charge in [0.15, 0.2) is 0 Å². The third-order valence-electron chi connectivity index (χ3n) is 4.86. The van der Waals surface area contributed by atoms with Crippen LogP contribution < -0.4 is 5.32 Å². The van der Waals surface area contributed by atoms with Crippen LogP contribution in [0, 0.1) is 0 Å². The van der Waals surface area contributed by atoms with Crippen LogP contribution in [0.25, 0.3) is 5.69 Å². The number of rotatable bonds is 6. The molecule has 0 radical (unpaired) electrons. The standard InChI is InChI=1S/C18H26N6O/c1-15(23-11-9-22(2)10-12-23)7-8-19-18(25)16-3-5-17(6-4-16)24-13-20-21-14-24/h3-6,13-15H,7-12H2,1-2H3,(H,19,25)/t15-/m0/s1. The lowest BCUT2D eigenvalue weighted by molar-refractivity contribution is 0.0935. The second-order valence-electron chi connectivity index (χ2n) is 6.65. The zero-order valence-corrected chi connectivity index (χ0v) is 14.9. The maximum atomic E-state index is 12.3. The number of benzene rings is 1. The third kappa shape index (κ3) is 4.64. The van der Waals surface area contributed by atoms with Crippen molar-refractivity contribution in [2.75, 3.05) is 39.8 Å². The monoisotopic (exact) mass is 342 g/mol. The molecule has 1 fully saturated rings. The molecule has 3 rings (SSSR count). The van der Waals surface area contributed by atoms with E-state index in [4.69, 9.17) is 0 Å². The van der Waals surface area contributed by atoms with Crippen molar-refractivity contribution in [2.45, 2.75) is 19.4 Å². The van der Waals surface area contributed by atoms with Crippen molar-refractivity contribution < 1.29 is 4.79 Å². The number of amides is 1. The SMILES string of the molecule is C[C@@H](CCNC(=O)c1ccc(-n2cnnc2)cc1)N1CCN(C)CC1. The smallest absolute Gasteiger partial charge is 0.251 e. The lowest BCUT2D eigenvalue weighted by Crippen LogP contribution is -2.48. The zero-order valence-electron chi connectivity index (χ0n) is 14.9. The first-order valence-electron chi connectivity index (χ1n) is 8.79. The fourth-order valence-electron chi connectivity index (χ4n) is 3.06. The van der Waals surface area contributed by atoms with Crippen molar-refractivity contribution in [2.24, 2.45) is 0 Å². The average molecular weight is 342 g/mol. The summed E-state index contributed by atoms with van der Waals surface area (Å²) in [5, 5.41) is 10.6. The molecule has 0 saturated carbocycles. The first-order chi connectivity index (χ1) is 12.1. The van der Waals surface area contributed by atoms with Crippen LogP contribution in [0.3, 0.4) is 0 Å². The number of nitrogens with zero attached hydrogens (tertiary/aromatic N) is 5. The Kier molecular flexibility index (Phi) is 5.78. The van der Waals surface area contributed by atoms with E-state index < -0.39 is 0 Å². The summed E-state index contributed by atoms with van der Waals surface area (Å²) in [4.78, 5) is 17.1. The van der Waals surface area contributed by atoms with E-state index >= 15 is 0 Å². The van der Waals surface area contributed by atoms with Crippen LogP contribution in [0.15, 0.2) is 36.9 Å². The van der Waals surface area contributed by atoms with Crippen LogP contribution in [0.4, 0.5) is 0 Å². The summed E-state index contributed by atoms with van der Waals surface area (Å²) in [5.74, 6) is -0.0270. The van der Waals surface area contributed by atoms with Crippen LogP contribution in [0.5, 0.6) is 0 Å². The number of nitrogens with one attached hydrogen (secondary N) is 1. The van der Waals surface area contributed by atoms with Gasteiger partial charge < -0.3 is 10.2 Å². The van der Waals surface area contributed by atoms with Gasteiger partial charge in [0.2, 0.25) is 0 Å². The molecule has 1 aliphatic rings. The topological polar surface area (TPSA) is 66.3 Å². The lowest BCUT2D eigenvalue weighted by Gasteiger charge is -2.36. The van der Waals surface area contributed by atoms with E-state index in [9.17, 15) is 4.79 Å². The molecule has 1 aromatic carbocycles. The summed E-state index contributed by atoms with van der Waals surface area (Å²) in [6, 6.07) is 7.93. The Morgan fingerprint density at radius 1 is 1.12 bits per heavy atom. The average Bonchev–Trinajstić information content (AvgIpc) is 3.17. The van der Waals surface area contributed by atoms with Gasteiger partial charge >= 0.3 is 0 Å². The highest BCUT2D eigenvalue weighted by Gasteiger charge is 2.18. The fourth-order valence-corrected chi connectivity index (χ4v) is 3.06. The predicted octanol–water partition coefficient (Wildman–Crippen LogP) is 1.02. The van der Waals surface area contributed by atoms with Crippen molar-refractivity contribution in [1.29, 1.82) is 0 Å². The van der Waals surface area contributed by atoms with Gasteiger partial charge in [0, 0.05) is 50.0 Å². The van der Waals surface area contributed by atoms with Gasteiger partial charge in [0.05, 0.1) is 0 Å². The third-order valence-corrected chi connectivity index (χ3v) is 4.86. The molecule has 134 valence electrons. The van der Waals surface area contributed by atoms with Crippen molar-refractivity contribution in [3.63, 3.8) is 0 Å². The van der Waals surface area contributed by atoms with E-state index in [1.165, 1.54) is 0 Å². The van der Waals surface area contributed by atoms with Crippen molar-refractivity contribution >= 4 is 5.91 Å². The molecule has 1 saturated heterocycles. The summed E-state index contributed by atoms with van der Waals surface area (Å²) in [6.45, 7) is 7.39. The molecular weight excluding hydrogens is 316 g/mol. The molecule has 7 nitrogen and oxygen atoms in total. The van der Waals surface area contributed by atoms with Gasteiger partial charge in [-0.2, -0.15) is 0 Å². The Bertz CT molecular complexity index is 661. The van der Waals surface area contributed by atoms with Crippen LogP contribution >= 0.6 is 0 Å². The van der Waals surface area contributed by atoms with Crippen molar-refractivity contribution in [1.82, 2.24) is 29.9 Å². The summed E-state index contributed by atoms with van der Waals surface area (Å²) >= 11 is 0. The second-order valence-corrected chi connectivity index (χ2v) is 6.65. The summed E-state index contributed by atoms with van der Waals surface area (Å²) in [5.41, 5.74) is 1.61. The Labute approximate surface area is 148 Å². The Balaban J connectivity index is 1.44. The van der Waals surface area contributed by atoms with Gasteiger partial charge in [-0.3, -0.25) is 14.3 Å². The molecule has 1 amide bonds.